The Balaban J connectivity index is 1.11. The Morgan fingerprint density at radius 1 is 0.455 bits per heavy atom. The zero-order valence-electron chi connectivity index (χ0n) is 42.1. The van der Waals surface area contributed by atoms with Gasteiger partial charge in [-0.15, -0.1) is 23.5 Å². The second-order valence-electron chi connectivity index (χ2n) is 21.7. The molecule has 0 aliphatic carbocycles. The van der Waals surface area contributed by atoms with E-state index in [2.05, 4.69) is 245 Å². The number of hydrogen-bond donors (Lipinski definition) is 1. The van der Waals surface area contributed by atoms with Crippen LogP contribution in [0.4, 0.5) is 34.1 Å². The maximum absolute atomic E-state index is 10.2. The Morgan fingerprint density at radius 3 is 1.09 bits per heavy atom. The van der Waals surface area contributed by atoms with Crippen LogP contribution < -0.4 is 15.1 Å². The van der Waals surface area contributed by atoms with Gasteiger partial charge in [0, 0.05) is 57.0 Å². The quantitative estimate of drug-likeness (QED) is 0.0771. The van der Waals surface area contributed by atoms with E-state index in [9.17, 15) is 5.26 Å². The van der Waals surface area contributed by atoms with Gasteiger partial charge < -0.3 is 15.1 Å². The largest absolute Gasteiger partial charge is 0.356 e. The Hall–Kier alpha value is -5.09. The van der Waals surface area contributed by atoms with Crippen molar-refractivity contribution in [1.29, 1.82) is 5.26 Å². The van der Waals surface area contributed by atoms with Gasteiger partial charge in [-0.2, -0.15) is 5.26 Å². The average Bonchev–Trinajstić information content (AvgIpc) is 3.26. The van der Waals surface area contributed by atoms with Crippen molar-refractivity contribution in [3.05, 3.63) is 167 Å². The summed E-state index contributed by atoms with van der Waals surface area (Å²) < 4.78 is 0. The molecular formula is C60H74N4S2. The molecule has 6 rings (SSSR count). The average molecular weight is 915 g/mol. The minimum atomic E-state index is -0.114. The summed E-state index contributed by atoms with van der Waals surface area (Å²) in [5, 5.41) is 13.9. The number of nitrogens with zero attached hydrogens (tertiary/aromatic N) is 3. The first-order valence-corrected chi connectivity index (χ1v) is 25.7. The molecule has 1 N–H and O–H groups in total. The summed E-state index contributed by atoms with van der Waals surface area (Å²) >= 11 is 3.88. The van der Waals surface area contributed by atoms with Crippen LogP contribution in [0, 0.1) is 18.3 Å². The second-order valence-corrected chi connectivity index (χ2v) is 24.1. The minimum absolute atomic E-state index is 0.101. The molecule has 0 amide bonds. The van der Waals surface area contributed by atoms with E-state index in [4.69, 9.17) is 0 Å². The Labute approximate surface area is 407 Å². The highest BCUT2D eigenvalue weighted by Gasteiger charge is 2.27. The second kappa shape index (κ2) is 21.3. The van der Waals surface area contributed by atoms with Crippen LogP contribution >= 0.6 is 23.5 Å². The number of para-hydroxylation sites is 2. The molecule has 0 spiro atoms. The zero-order chi connectivity index (χ0) is 47.9. The lowest BCUT2D eigenvalue weighted by atomic mass is 9.77. The van der Waals surface area contributed by atoms with Crippen LogP contribution in [0.5, 0.6) is 0 Å². The molecule has 0 aromatic heterocycles. The van der Waals surface area contributed by atoms with Crippen LogP contribution in [0.2, 0.25) is 0 Å². The number of nitriles is 1. The highest BCUT2D eigenvalue weighted by molar-refractivity contribution is 7.99. The molecule has 0 fully saturated rings. The molecular weight excluding hydrogens is 841 g/mol. The van der Waals surface area contributed by atoms with Crippen LogP contribution in [0.1, 0.15) is 129 Å². The minimum Gasteiger partial charge on any atom is -0.356 e. The SMILES string of the molecule is Cc1c(C(C)(C)C)cc(SCCCN(c2ccccc2)c2ccc(Nc3ccc(N(CCCSc4cc(C(C)(C)C)c(C#N)c(C(C)(C)C)c4)c4ccccc4)cc3)cc2)cc1C(C)(C)C. The first-order valence-electron chi connectivity index (χ1n) is 23.8. The summed E-state index contributed by atoms with van der Waals surface area (Å²) in [6, 6.07) is 51.1. The highest BCUT2D eigenvalue weighted by atomic mass is 32.2. The van der Waals surface area contributed by atoms with Gasteiger partial charge in [-0.1, -0.05) is 119 Å². The summed E-state index contributed by atoms with van der Waals surface area (Å²) in [5.41, 5.74) is 14.3. The van der Waals surface area contributed by atoms with Gasteiger partial charge in [0.05, 0.1) is 11.6 Å². The summed E-state index contributed by atoms with van der Waals surface area (Å²) in [6.07, 6.45) is 2.06. The number of benzene rings is 6. The molecule has 0 unspecified atom stereocenters. The third kappa shape index (κ3) is 13.1. The van der Waals surface area contributed by atoms with Crippen molar-refractivity contribution in [2.45, 2.75) is 134 Å². The van der Waals surface area contributed by atoms with Crippen molar-refractivity contribution in [3.63, 3.8) is 0 Å². The molecule has 4 nitrogen and oxygen atoms in total. The number of thioether (sulfide) groups is 2. The number of anilines is 6. The molecule has 0 saturated heterocycles. The van der Waals surface area contributed by atoms with E-state index in [1.54, 1.807) is 0 Å². The molecule has 6 aromatic carbocycles. The summed E-state index contributed by atoms with van der Waals surface area (Å²) in [6.45, 7) is 31.3. The zero-order valence-corrected chi connectivity index (χ0v) is 43.7. The van der Waals surface area contributed by atoms with Gasteiger partial charge in [-0.25, -0.2) is 0 Å². The van der Waals surface area contributed by atoms with Gasteiger partial charge in [-0.05, 0) is 178 Å². The van der Waals surface area contributed by atoms with Crippen molar-refractivity contribution in [2.24, 2.45) is 0 Å². The van der Waals surface area contributed by atoms with Crippen molar-refractivity contribution in [1.82, 2.24) is 0 Å². The third-order valence-electron chi connectivity index (χ3n) is 12.2. The van der Waals surface area contributed by atoms with Crippen molar-refractivity contribution in [3.8, 4) is 6.07 Å². The predicted octanol–water partition coefficient (Wildman–Crippen LogP) is 17.4. The number of nitrogens with one attached hydrogen (secondary N) is 1. The summed E-state index contributed by atoms with van der Waals surface area (Å²) in [4.78, 5) is 7.48. The lowest BCUT2D eigenvalue weighted by Crippen LogP contribution is -2.20. The van der Waals surface area contributed by atoms with Crippen molar-refractivity contribution in [2.75, 3.05) is 39.7 Å². The van der Waals surface area contributed by atoms with Crippen LogP contribution in [-0.4, -0.2) is 24.6 Å². The summed E-state index contributed by atoms with van der Waals surface area (Å²) in [5.74, 6) is 2.02. The first-order chi connectivity index (χ1) is 31.1. The standard InChI is InChI=1S/C60H74N4S2/c1-43-53(57(2,3)4)38-50(39-54(43)58(5,6)7)65-36-20-34-63(46-22-16-14-17-23-46)48-30-26-44(27-31-48)62-45-28-32-49(33-29-45)64(47-24-18-15-19-25-47)35-21-37-66-51-40-55(59(8,9)10)52(42-61)56(41-51)60(11,12)13/h14-19,22-33,38-41,62H,20-21,34-37H2,1-13H3. The first kappa shape index (κ1) is 50.3. The van der Waals surface area contributed by atoms with E-state index in [1.807, 2.05) is 23.5 Å². The number of rotatable bonds is 16. The van der Waals surface area contributed by atoms with Gasteiger partial charge in [0.2, 0.25) is 0 Å². The van der Waals surface area contributed by atoms with E-state index < -0.39 is 0 Å². The maximum Gasteiger partial charge on any atom is 0.0997 e. The maximum atomic E-state index is 10.2. The fourth-order valence-corrected chi connectivity index (χ4v) is 10.6. The van der Waals surface area contributed by atoms with Crippen molar-refractivity contribution < 1.29 is 0 Å². The molecule has 0 radical (unpaired) electrons. The molecule has 0 aliphatic rings. The fraction of sp³-hybridized carbons (Fsp3) is 0.383. The van der Waals surface area contributed by atoms with E-state index >= 15 is 0 Å². The van der Waals surface area contributed by atoms with E-state index in [1.165, 1.54) is 49.2 Å². The Bertz CT molecular complexity index is 2480. The molecule has 0 aliphatic heterocycles. The van der Waals surface area contributed by atoms with Gasteiger partial charge in [0.15, 0.2) is 0 Å². The third-order valence-corrected chi connectivity index (χ3v) is 14.3. The summed E-state index contributed by atoms with van der Waals surface area (Å²) in [7, 11) is 0. The van der Waals surface area contributed by atoms with Gasteiger partial charge >= 0.3 is 0 Å². The molecule has 6 heteroatoms. The van der Waals surface area contributed by atoms with Crippen LogP contribution in [0.25, 0.3) is 0 Å². The normalized spacial score (nSPS) is 12.2. The lowest BCUT2D eigenvalue weighted by molar-refractivity contribution is 0.558. The fourth-order valence-electron chi connectivity index (χ4n) is 8.80. The van der Waals surface area contributed by atoms with E-state index in [-0.39, 0.29) is 21.7 Å². The van der Waals surface area contributed by atoms with Crippen LogP contribution in [0.15, 0.2) is 143 Å². The molecule has 0 heterocycles. The van der Waals surface area contributed by atoms with Crippen LogP contribution in [0.3, 0.4) is 0 Å². The van der Waals surface area contributed by atoms with E-state index in [0.29, 0.717) is 0 Å². The molecule has 346 valence electrons. The van der Waals surface area contributed by atoms with Gasteiger partial charge in [-0.3, -0.25) is 0 Å². The molecule has 6 aromatic rings. The van der Waals surface area contributed by atoms with Crippen LogP contribution in [-0.2, 0) is 21.7 Å². The molecule has 0 atom stereocenters. The van der Waals surface area contributed by atoms with Gasteiger partial charge in [0.1, 0.15) is 0 Å². The smallest absolute Gasteiger partial charge is 0.0997 e. The Kier molecular flexibility index (Phi) is 16.2. The molecule has 0 saturated carbocycles. The van der Waals surface area contributed by atoms with Crippen molar-refractivity contribution >= 4 is 57.6 Å². The molecule has 0 bridgehead atoms. The topological polar surface area (TPSA) is 42.3 Å². The number of hydrogen-bond acceptors (Lipinski definition) is 6. The monoisotopic (exact) mass is 915 g/mol. The van der Waals surface area contributed by atoms with Gasteiger partial charge in [0.25, 0.3) is 0 Å². The highest BCUT2D eigenvalue weighted by Crippen LogP contribution is 2.40. The lowest BCUT2D eigenvalue weighted by Gasteiger charge is -2.30. The van der Waals surface area contributed by atoms with E-state index in [0.717, 1.165) is 65.5 Å². The molecule has 66 heavy (non-hydrogen) atoms. The predicted molar refractivity (Wildman–Crippen MR) is 291 cm³/mol. The Morgan fingerprint density at radius 2 is 0.773 bits per heavy atom.